The van der Waals surface area contributed by atoms with E-state index in [4.69, 9.17) is 9.57 Å². The lowest BCUT2D eigenvalue weighted by atomic mass is 10.1. The summed E-state index contributed by atoms with van der Waals surface area (Å²) in [7, 11) is -11.0. The van der Waals surface area contributed by atoms with Gasteiger partial charge in [0.15, 0.2) is 0 Å². The quantitative estimate of drug-likeness (QED) is 0.0455. The number of carbonyl (C=O) groups excluding carboxylic acids is 4. The topological polar surface area (TPSA) is 262 Å². The van der Waals surface area contributed by atoms with Gasteiger partial charge in [0.1, 0.15) is 22.1 Å². The predicted octanol–water partition coefficient (Wildman–Crippen LogP) is 2.95. The van der Waals surface area contributed by atoms with Crippen molar-refractivity contribution in [3.05, 3.63) is 100.0 Å². The Balaban J connectivity index is 1.08. The number of hydroxylamine groups is 2. The highest BCUT2D eigenvalue weighted by Gasteiger charge is 2.33. The fourth-order valence-electron chi connectivity index (χ4n) is 7.87. The van der Waals surface area contributed by atoms with Crippen molar-refractivity contribution in [3.8, 4) is 17.6 Å². The Labute approximate surface area is 419 Å². The Morgan fingerprint density at radius 1 is 0.625 bits per heavy atom. The van der Waals surface area contributed by atoms with E-state index in [2.05, 4.69) is 46.8 Å². The molecule has 4 N–H and O–H groups in total. The first-order valence-corrected chi connectivity index (χ1v) is 29.9. The fraction of sp³-hybridized carbons (Fsp3) is 0.449. The molecule has 20 nitrogen and oxygen atoms in total. The molecule has 3 atom stereocenters. The van der Waals surface area contributed by atoms with Gasteiger partial charge in [-0.2, -0.15) is 0 Å². The highest BCUT2D eigenvalue weighted by Crippen LogP contribution is 2.35. The van der Waals surface area contributed by atoms with Crippen molar-refractivity contribution < 1.29 is 57.1 Å². The summed E-state index contributed by atoms with van der Waals surface area (Å²) >= 11 is 0. The minimum Gasteiger partial charge on any atom is -0.494 e. The van der Waals surface area contributed by atoms with E-state index in [0.717, 1.165) is 11.1 Å². The maximum absolute atomic E-state index is 13.1. The lowest BCUT2D eigenvalue weighted by molar-refractivity contribution is -0.197. The Kier molecular flexibility index (Phi) is 19.4. The number of ether oxygens (including phenoxy) is 1. The van der Waals surface area contributed by atoms with Crippen LogP contribution in [0.2, 0.25) is 0 Å². The number of pyridine rings is 3. The molecule has 3 amide bonds. The molecule has 0 aliphatic carbocycles. The Morgan fingerprint density at radius 3 is 1.54 bits per heavy atom. The second-order valence-electron chi connectivity index (χ2n) is 18.4. The second-order valence-corrected chi connectivity index (χ2v) is 25.0. The maximum atomic E-state index is 13.1. The molecule has 2 aliphatic heterocycles. The number of imide groups is 1. The first kappa shape index (κ1) is 55.9. The minimum atomic E-state index is -3.81. The molecular weight excluding hydrogens is 986 g/mol. The third-order valence-corrected chi connectivity index (χ3v) is 14.9. The average molecular weight is 1050 g/mol. The highest BCUT2D eigenvalue weighted by molar-refractivity contribution is 7.65. The summed E-state index contributed by atoms with van der Waals surface area (Å²) in [6.45, 7) is 13.0. The lowest BCUT2D eigenvalue weighted by Gasteiger charge is -2.26. The van der Waals surface area contributed by atoms with Crippen molar-refractivity contribution in [2.45, 2.75) is 72.0 Å². The summed E-state index contributed by atoms with van der Waals surface area (Å²) in [5.41, 5.74) is 5.05. The first-order chi connectivity index (χ1) is 34.0. The highest BCUT2D eigenvalue weighted by atomic mass is 31.2. The predicted molar refractivity (Wildman–Crippen MR) is 271 cm³/mol. The van der Waals surface area contributed by atoms with Crippen LogP contribution in [0, 0.1) is 25.7 Å². The van der Waals surface area contributed by atoms with Crippen molar-refractivity contribution in [2.24, 2.45) is 0 Å². The number of rotatable bonds is 19. The fourth-order valence-corrected chi connectivity index (χ4v) is 10.1. The van der Waals surface area contributed by atoms with Crippen molar-refractivity contribution >= 4 is 62.1 Å². The normalized spacial score (nSPS) is 17.6. The van der Waals surface area contributed by atoms with Crippen LogP contribution in [0.15, 0.2) is 60.7 Å². The van der Waals surface area contributed by atoms with Crippen molar-refractivity contribution in [1.82, 2.24) is 40.0 Å². The van der Waals surface area contributed by atoms with Gasteiger partial charge in [0, 0.05) is 122 Å². The van der Waals surface area contributed by atoms with Crippen LogP contribution >= 0.6 is 22.1 Å². The van der Waals surface area contributed by atoms with Gasteiger partial charge in [-0.05, 0) is 98.5 Å². The molecule has 3 aromatic heterocycles. The van der Waals surface area contributed by atoms with Crippen LogP contribution in [0.5, 0.6) is 5.75 Å². The summed E-state index contributed by atoms with van der Waals surface area (Å²) < 4.78 is 44.1. The van der Waals surface area contributed by atoms with E-state index >= 15 is 0 Å². The Hall–Kier alpha value is -5.44. The van der Waals surface area contributed by atoms with E-state index in [1.165, 1.54) is 26.1 Å². The zero-order valence-corrected chi connectivity index (χ0v) is 44.0. The van der Waals surface area contributed by atoms with Crippen LogP contribution in [0.25, 0.3) is 0 Å². The molecule has 4 aromatic rings. The SMILES string of the molecule is Cc1cc(CN2CCN(Cc3cc(C)cc(P(C)(=O)O)n3)CCN(Cc3cc(C#Cc4ccc(OCCCNC(=O)CCCC(=O)ON5C(=O)CCC5=O)cc4)cc(P(C)(=O)O)n3)CC2)nc(P(C)(=O)O)c1. The van der Waals surface area contributed by atoms with Gasteiger partial charge in [-0.1, -0.05) is 11.8 Å². The molecule has 2 aliphatic rings. The van der Waals surface area contributed by atoms with Gasteiger partial charge in [0.25, 0.3) is 11.8 Å². The molecule has 3 unspecified atom stereocenters. The number of aromatic nitrogens is 3. The summed E-state index contributed by atoms with van der Waals surface area (Å²) in [4.78, 5) is 104. The zero-order valence-electron chi connectivity index (χ0n) is 41.3. The van der Waals surface area contributed by atoms with Gasteiger partial charge in [0.2, 0.25) is 28.0 Å². The van der Waals surface area contributed by atoms with Crippen molar-refractivity contribution in [1.29, 1.82) is 0 Å². The number of nitrogens with one attached hydrogen (secondary N) is 1. The van der Waals surface area contributed by atoms with Crippen LogP contribution in [-0.2, 0) is 57.3 Å². The number of amides is 3. The van der Waals surface area contributed by atoms with Crippen molar-refractivity contribution in [3.63, 3.8) is 0 Å². The van der Waals surface area contributed by atoms with Gasteiger partial charge in [-0.25, -0.2) is 19.7 Å². The average Bonchev–Trinajstić information content (AvgIpc) is 3.65. The van der Waals surface area contributed by atoms with E-state index in [-0.39, 0.29) is 54.3 Å². The largest absolute Gasteiger partial charge is 0.494 e. The smallest absolute Gasteiger partial charge is 0.333 e. The van der Waals surface area contributed by atoms with Gasteiger partial charge in [-0.15, -0.1) is 5.06 Å². The molecular formula is C49H63N8O12P3. The molecule has 0 radical (unpaired) electrons. The van der Waals surface area contributed by atoms with Crippen LogP contribution in [-0.4, -0.2) is 146 Å². The van der Waals surface area contributed by atoms with Crippen LogP contribution in [0.3, 0.4) is 0 Å². The number of nitrogens with zero attached hydrogens (tertiary/aromatic N) is 7. The third-order valence-electron chi connectivity index (χ3n) is 11.6. The monoisotopic (exact) mass is 1050 g/mol. The van der Waals surface area contributed by atoms with Gasteiger partial charge in [0.05, 0.1) is 23.7 Å². The van der Waals surface area contributed by atoms with E-state index in [1.807, 2.05) is 32.0 Å². The van der Waals surface area contributed by atoms with E-state index in [0.29, 0.717) is 117 Å². The molecule has 23 heteroatoms. The number of benzene rings is 1. The molecule has 5 heterocycles. The number of aryl methyl sites for hydroxylation is 2. The third kappa shape index (κ3) is 17.7. The Morgan fingerprint density at radius 2 is 1.07 bits per heavy atom. The molecule has 72 heavy (non-hydrogen) atoms. The molecule has 0 bridgehead atoms. The number of hydrogen-bond acceptors (Lipinski definition) is 15. The molecule has 2 fully saturated rings. The lowest BCUT2D eigenvalue weighted by Crippen LogP contribution is -2.36. The zero-order chi connectivity index (χ0) is 52.2. The van der Waals surface area contributed by atoms with Gasteiger partial charge >= 0.3 is 5.97 Å². The van der Waals surface area contributed by atoms with E-state index < -0.39 is 39.9 Å². The first-order valence-electron chi connectivity index (χ1n) is 23.6. The standard InChI is InChI=1S/C49H63N8O12P3/c1-35-26-39(51-44(28-35)70(3,62)63)32-54-19-20-55(33-40-27-36(2)29-45(52-40)71(4,64)65)22-24-56(23-21-54)34-41-30-38(31-46(53-41)72(5,66)67)11-10-37-12-14-42(15-13-37)68-25-7-18-50-43(58)8-6-9-49(61)69-57-47(59)16-17-48(57)60/h12-15,26-31H,6-9,16-25,32-34H2,1-5H3,(H,50,58)(H,62,63)(H,64,65)(H,66,67). The summed E-state index contributed by atoms with van der Waals surface area (Å²) in [5, 5.41) is 3.25. The molecule has 1 aromatic carbocycles. The molecule has 0 saturated carbocycles. The Bertz CT molecular complexity index is 2740. The van der Waals surface area contributed by atoms with Gasteiger partial charge < -0.3 is 29.6 Å². The number of carbonyl (C=O) groups is 4. The molecule has 0 spiro atoms. The summed E-state index contributed by atoms with van der Waals surface area (Å²) in [5.74, 6) is 4.73. The van der Waals surface area contributed by atoms with Crippen LogP contribution < -0.4 is 26.4 Å². The summed E-state index contributed by atoms with van der Waals surface area (Å²) in [6, 6.07) is 17.5. The van der Waals surface area contributed by atoms with Crippen LogP contribution in [0.4, 0.5) is 0 Å². The van der Waals surface area contributed by atoms with E-state index in [9.17, 15) is 47.6 Å². The van der Waals surface area contributed by atoms with Crippen molar-refractivity contribution in [2.75, 3.05) is 72.4 Å². The molecule has 6 rings (SSSR count). The minimum absolute atomic E-state index is 0.00654. The maximum Gasteiger partial charge on any atom is 0.333 e. The molecule has 2 saturated heterocycles. The molecule has 386 valence electrons. The van der Waals surface area contributed by atoms with Gasteiger partial charge in [-0.3, -0.25) is 42.8 Å². The van der Waals surface area contributed by atoms with E-state index in [1.54, 1.807) is 36.4 Å². The summed E-state index contributed by atoms with van der Waals surface area (Å²) in [6.07, 6.45) is 0.676. The second kappa shape index (κ2) is 25.0. The van der Waals surface area contributed by atoms with Crippen LogP contribution in [0.1, 0.15) is 77.9 Å². The number of hydrogen-bond donors (Lipinski definition) is 4.